The summed E-state index contributed by atoms with van der Waals surface area (Å²) in [6, 6.07) is 9.38. The maximum absolute atomic E-state index is 12.0. The third kappa shape index (κ3) is 4.13. The van der Waals surface area contributed by atoms with Crippen LogP contribution in [0.3, 0.4) is 0 Å². The zero-order chi connectivity index (χ0) is 15.2. The highest BCUT2D eigenvalue weighted by atomic mass is 32.1. The van der Waals surface area contributed by atoms with Gasteiger partial charge in [0, 0.05) is 11.9 Å². The zero-order valence-electron chi connectivity index (χ0n) is 11.6. The van der Waals surface area contributed by atoms with Crippen molar-refractivity contribution < 1.29 is 14.7 Å². The highest BCUT2D eigenvalue weighted by Crippen LogP contribution is 2.11. The molecule has 110 valence electrons. The maximum atomic E-state index is 12.0. The van der Waals surface area contributed by atoms with Crippen molar-refractivity contribution in [2.45, 2.75) is 13.3 Å². The van der Waals surface area contributed by atoms with E-state index in [2.05, 4.69) is 9.69 Å². The number of aromatic nitrogens is 1. The fraction of sp³-hybridized carbons (Fsp3) is 0.267. The van der Waals surface area contributed by atoms with Crippen molar-refractivity contribution in [1.82, 2.24) is 9.69 Å². The number of hydrogen-bond acceptors (Lipinski definition) is 4. The van der Waals surface area contributed by atoms with Crippen LogP contribution in [0, 0.1) is 12.8 Å². The summed E-state index contributed by atoms with van der Waals surface area (Å²) in [4.78, 5) is 23.3. The fourth-order valence-corrected chi connectivity index (χ4v) is 2.66. The molecule has 0 aliphatic rings. The van der Waals surface area contributed by atoms with E-state index in [9.17, 15) is 14.7 Å². The summed E-state index contributed by atoms with van der Waals surface area (Å²) in [6.07, 6.45) is 0.386. The molecule has 1 aromatic heterocycles. The van der Waals surface area contributed by atoms with E-state index in [1.165, 1.54) is 11.5 Å². The summed E-state index contributed by atoms with van der Waals surface area (Å²) in [7, 11) is 0. The Bertz CT molecular complexity index is 625. The van der Waals surface area contributed by atoms with Crippen LogP contribution >= 0.6 is 11.5 Å². The zero-order valence-corrected chi connectivity index (χ0v) is 12.4. The fourth-order valence-electron chi connectivity index (χ4n) is 1.97. The van der Waals surface area contributed by atoms with E-state index in [0.717, 1.165) is 5.56 Å². The van der Waals surface area contributed by atoms with Gasteiger partial charge in [0.25, 0.3) is 5.91 Å². The molecule has 0 saturated heterocycles. The van der Waals surface area contributed by atoms with Gasteiger partial charge < -0.3 is 10.4 Å². The van der Waals surface area contributed by atoms with Crippen LogP contribution in [0.15, 0.2) is 35.7 Å². The van der Waals surface area contributed by atoms with E-state index in [0.29, 0.717) is 17.7 Å². The average Bonchev–Trinajstić information content (AvgIpc) is 2.90. The number of benzene rings is 1. The van der Waals surface area contributed by atoms with Gasteiger partial charge in [0.15, 0.2) is 0 Å². The smallest absolute Gasteiger partial charge is 0.308 e. The topological polar surface area (TPSA) is 79.3 Å². The number of carbonyl (C=O) groups excluding carboxylic acids is 1. The predicted octanol–water partition coefficient (Wildman–Crippen LogP) is 2.12. The van der Waals surface area contributed by atoms with Gasteiger partial charge in [0.05, 0.1) is 17.2 Å². The lowest BCUT2D eigenvalue weighted by molar-refractivity contribution is -0.141. The number of carbonyl (C=O) groups is 2. The molecule has 1 amide bonds. The molecule has 0 bridgehead atoms. The van der Waals surface area contributed by atoms with Gasteiger partial charge in [0.1, 0.15) is 0 Å². The number of amides is 1. The Hall–Kier alpha value is -2.21. The largest absolute Gasteiger partial charge is 0.481 e. The Labute approximate surface area is 126 Å². The maximum Gasteiger partial charge on any atom is 0.308 e. The number of nitrogens with one attached hydrogen (secondary N) is 1. The lowest BCUT2D eigenvalue weighted by Gasteiger charge is -2.13. The summed E-state index contributed by atoms with van der Waals surface area (Å²) >= 11 is 1.21. The summed E-state index contributed by atoms with van der Waals surface area (Å²) in [5, 5.41) is 13.6. The summed E-state index contributed by atoms with van der Waals surface area (Å²) in [5.41, 5.74) is 2.10. The average molecular weight is 304 g/mol. The monoisotopic (exact) mass is 304 g/mol. The highest BCUT2D eigenvalue weighted by Gasteiger charge is 2.20. The van der Waals surface area contributed by atoms with Gasteiger partial charge in [-0.1, -0.05) is 30.3 Å². The van der Waals surface area contributed by atoms with Crippen LogP contribution in [0.25, 0.3) is 0 Å². The molecule has 1 atom stereocenters. The molecule has 21 heavy (non-hydrogen) atoms. The first-order valence-electron chi connectivity index (χ1n) is 6.54. The van der Waals surface area contributed by atoms with E-state index in [-0.39, 0.29) is 12.5 Å². The van der Waals surface area contributed by atoms with E-state index >= 15 is 0 Å². The molecule has 0 fully saturated rings. The Morgan fingerprint density at radius 3 is 2.62 bits per heavy atom. The molecule has 2 N–H and O–H groups in total. The first-order chi connectivity index (χ1) is 10.1. The minimum Gasteiger partial charge on any atom is -0.481 e. The first kappa shape index (κ1) is 15.2. The molecule has 0 aliphatic heterocycles. The molecule has 1 unspecified atom stereocenters. The van der Waals surface area contributed by atoms with Crippen molar-refractivity contribution in [1.29, 1.82) is 0 Å². The molecule has 0 saturated carbocycles. The minimum absolute atomic E-state index is 0.0956. The third-order valence-electron chi connectivity index (χ3n) is 3.18. The number of nitrogens with zero attached hydrogens (tertiary/aromatic N) is 1. The van der Waals surface area contributed by atoms with Gasteiger partial charge in [-0.25, -0.2) is 0 Å². The van der Waals surface area contributed by atoms with E-state index in [4.69, 9.17) is 0 Å². The summed E-state index contributed by atoms with van der Waals surface area (Å²) in [6.45, 7) is 1.85. The SMILES string of the molecule is Cc1nscc1C(=O)NCC(Cc1ccccc1)C(=O)O. The van der Waals surface area contributed by atoms with E-state index in [1.54, 1.807) is 12.3 Å². The van der Waals surface area contributed by atoms with E-state index in [1.807, 2.05) is 30.3 Å². The predicted molar refractivity (Wildman–Crippen MR) is 80.5 cm³/mol. The molecule has 0 spiro atoms. The molecule has 0 radical (unpaired) electrons. The molecular formula is C15H16N2O3S. The third-order valence-corrected chi connectivity index (χ3v) is 3.90. The highest BCUT2D eigenvalue weighted by molar-refractivity contribution is 7.03. The number of hydrogen-bond donors (Lipinski definition) is 2. The van der Waals surface area contributed by atoms with Crippen molar-refractivity contribution in [3.05, 3.63) is 52.5 Å². The Kier molecular flexibility index (Phi) is 5.05. The molecule has 0 aliphatic carbocycles. The van der Waals surface area contributed by atoms with Crippen LogP contribution in [-0.4, -0.2) is 27.9 Å². The lowest BCUT2D eigenvalue weighted by atomic mass is 9.99. The van der Waals surface area contributed by atoms with Gasteiger partial charge in [-0.15, -0.1) is 0 Å². The minimum atomic E-state index is -0.917. The lowest BCUT2D eigenvalue weighted by Crippen LogP contribution is -2.34. The standard InChI is InChI=1S/C15H16N2O3S/c1-10-13(9-21-17-10)14(18)16-8-12(15(19)20)7-11-5-3-2-4-6-11/h2-6,9,12H,7-8H2,1H3,(H,16,18)(H,19,20). The molecule has 1 aromatic carbocycles. The Morgan fingerprint density at radius 2 is 2.05 bits per heavy atom. The van der Waals surface area contributed by atoms with Crippen molar-refractivity contribution in [3.8, 4) is 0 Å². The van der Waals surface area contributed by atoms with Crippen LogP contribution in [-0.2, 0) is 11.2 Å². The van der Waals surface area contributed by atoms with Crippen LogP contribution < -0.4 is 5.32 Å². The van der Waals surface area contributed by atoms with Crippen LogP contribution in [0.1, 0.15) is 21.6 Å². The molecule has 5 nitrogen and oxygen atoms in total. The van der Waals surface area contributed by atoms with Gasteiger partial charge in [-0.3, -0.25) is 9.59 Å². The number of rotatable bonds is 6. The normalized spacial score (nSPS) is 11.9. The molecule has 2 aromatic rings. The Balaban J connectivity index is 1.96. The summed E-state index contributed by atoms with van der Waals surface area (Å²) in [5.74, 6) is -1.84. The first-order valence-corrected chi connectivity index (χ1v) is 7.37. The molecule has 1 heterocycles. The van der Waals surface area contributed by atoms with Crippen molar-refractivity contribution in [2.75, 3.05) is 6.54 Å². The molecule has 2 rings (SSSR count). The number of carboxylic acids is 1. The van der Waals surface area contributed by atoms with Crippen molar-refractivity contribution in [2.24, 2.45) is 5.92 Å². The van der Waals surface area contributed by atoms with Gasteiger partial charge in [-0.05, 0) is 30.4 Å². The second-order valence-electron chi connectivity index (χ2n) is 4.75. The number of carboxylic acid groups (broad SMARTS) is 1. The Morgan fingerprint density at radius 1 is 1.33 bits per heavy atom. The summed E-state index contributed by atoms with van der Waals surface area (Å²) < 4.78 is 4.03. The van der Waals surface area contributed by atoms with Crippen LogP contribution in [0.4, 0.5) is 0 Å². The van der Waals surface area contributed by atoms with Gasteiger partial charge >= 0.3 is 5.97 Å². The quantitative estimate of drug-likeness (QED) is 0.857. The second-order valence-corrected chi connectivity index (χ2v) is 5.38. The van der Waals surface area contributed by atoms with Crippen molar-refractivity contribution >= 4 is 23.4 Å². The molecule has 6 heteroatoms. The van der Waals surface area contributed by atoms with Crippen LogP contribution in [0.2, 0.25) is 0 Å². The molecular weight excluding hydrogens is 288 g/mol. The number of aryl methyl sites for hydroxylation is 1. The van der Waals surface area contributed by atoms with Crippen molar-refractivity contribution in [3.63, 3.8) is 0 Å². The van der Waals surface area contributed by atoms with Gasteiger partial charge in [0.2, 0.25) is 0 Å². The van der Waals surface area contributed by atoms with E-state index < -0.39 is 11.9 Å². The van der Waals surface area contributed by atoms with Crippen LogP contribution in [0.5, 0.6) is 0 Å². The number of aliphatic carboxylic acids is 1. The second kappa shape index (κ2) is 6.99. The van der Waals surface area contributed by atoms with Gasteiger partial charge in [-0.2, -0.15) is 4.37 Å².